The fraction of sp³-hybridized carbons (Fsp3) is 0. The van der Waals surface area contributed by atoms with E-state index in [1.807, 2.05) is 12.1 Å². The number of hydrogen-bond donors (Lipinski definition) is 1. The lowest BCUT2D eigenvalue weighted by Gasteiger charge is -1.96. The van der Waals surface area contributed by atoms with E-state index in [-0.39, 0.29) is 0 Å². The van der Waals surface area contributed by atoms with Gasteiger partial charge in [0.25, 0.3) is 0 Å². The summed E-state index contributed by atoms with van der Waals surface area (Å²) >= 11 is 1.42. The molecule has 0 spiro atoms. The summed E-state index contributed by atoms with van der Waals surface area (Å²) in [5.74, 6) is 0. The number of carbonyl (C=O) groups is 1. The number of carbonyl (C=O) groups excluding carboxylic acids is 1. The van der Waals surface area contributed by atoms with Crippen LogP contribution in [0.2, 0.25) is 0 Å². The number of aromatic amines is 1. The largest absolute Gasteiger partial charge is 0.344 e. The number of thiophene rings is 1. The molecule has 0 aliphatic rings. The molecule has 3 aromatic heterocycles. The summed E-state index contributed by atoms with van der Waals surface area (Å²) in [6.07, 6.45) is 4.22. The summed E-state index contributed by atoms with van der Waals surface area (Å²) < 4.78 is 0. The topological polar surface area (TPSA) is 58.6 Å². The first-order chi connectivity index (χ1) is 7.88. The second kappa shape index (κ2) is 3.53. The van der Waals surface area contributed by atoms with Gasteiger partial charge in [-0.15, -0.1) is 11.3 Å². The molecule has 3 aromatic rings. The van der Waals surface area contributed by atoms with Gasteiger partial charge < -0.3 is 4.98 Å². The molecule has 0 aliphatic heterocycles. The summed E-state index contributed by atoms with van der Waals surface area (Å²) in [6.45, 7) is 0. The van der Waals surface area contributed by atoms with Crippen LogP contribution in [0.5, 0.6) is 0 Å². The van der Waals surface area contributed by atoms with Crippen LogP contribution in [0.1, 0.15) is 9.67 Å². The normalized spacial score (nSPS) is 10.8. The summed E-state index contributed by atoms with van der Waals surface area (Å²) in [5, 5.41) is 0. The molecule has 16 heavy (non-hydrogen) atoms. The molecule has 0 atom stereocenters. The lowest BCUT2D eigenvalue weighted by molar-refractivity contribution is 0.112. The van der Waals surface area contributed by atoms with Gasteiger partial charge in [-0.2, -0.15) is 0 Å². The second-order valence-corrected chi connectivity index (χ2v) is 4.39. The van der Waals surface area contributed by atoms with Crippen LogP contribution in [0.25, 0.3) is 21.6 Å². The van der Waals surface area contributed by atoms with Gasteiger partial charge in [0.2, 0.25) is 0 Å². The molecule has 0 aliphatic carbocycles. The third-order valence-electron chi connectivity index (χ3n) is 2.31. The summed E-state index contributed by atoms with van der Waals surface area (Å²) in [4.78, 5) is 23.9. The van der Waals surface area contributed by atoms with Gasteiger partial charge in [-0.25, -0.2) is 4.98 Å². The predicted molar refractivity (Wildman–Crippen MR) is 62.6 cm³/mol. The molecule has 0 saturated carbocycles. The van der Waals surface area contributed by atoms with Crippen LogP contribution in [0.4, 0.5) is 0 Å². The van der Waals surface area contributed by atoms with Crippen LogP contribution < -0.4 is 0 Å². The molecule has 0 unspecified atom stereocenters. The zero-order valence-electron chi connectivity index (χ0n) is 8.18. The highest BCUT2D eigenvalue weighted by molar-refractivity contribution is 7.17. The highest BCUT2D eigenvalue weighted by Gasteiger charge is 2.09. The van der Waals surface area contributed by atoms with Crippen molar-refractivity contribution in [2.45, 2.75) is 0 Å². The Morgan fingerprint density at radius 2 is 2.19 bits per heavy atom. The molecule has 78 valence electrons. The van der Waals surface area contributed by atoms with Crippen molar-refractivity contribution in [1.29, 1.82) is 0 Å². The fourth-order valence-electron chi connectivity index (χ4n) is 1.59. The number of hydrogen-bond acceptors (Lipinski definition) is 4. The Balaban J connectivity index is 2.24. The van der Waals surface area contributed by atoms with E-state index in [0.29, 0.717) is 4.88 Å². The van der Waals surface area contributed by atoms with Crippen molar-refractivity contribution in [3.05, 3.63) is 35.6 Å². The zero-order valence-corrected chi connectivity index (χ0v) is 8.99. The van der Waals surface area contributed by atoms with Gasteiger partial charge in [0.1, 0.15) is 11.2 Å². The fourth-order valence-corrected chi connectivity index (χ4v) is 2.41. The minimum atomic E-state index is 0.698. The van der Waals surface area contributed by atoms with Gasteiger partial charge in [0.15, 0.2) is 6.29 Å². The van der Waals surface area contributed by atoms with Crippen molar-refractivity contribution in [1.82, 2.24) is 15.0 Å². The van der Waals surface area contributed by atoms with Crippen LogP contribution in [-0.4, -0.2) is 21.2 Å². The number of fused-ring (bicyclic) bond motifs is 1. The lowest BCUT2D eigenvalue weighted by atomic mass is 10.2. The molecule has 3 rings (SSSR count). The summed E-state index contributed by atoms with van der Waals surface area (Å²) in [7, 11) is 0. The number of aromatic nitrogens is 3. The average Bonchev–Trinajstić information content (AvgIpc) is 2.97. The van der Waals surface area contributed by atoms with Crippen molar-refractivity contribution >= 4 is 28.7 Å². The number of nitrogens with zero attached hydrogens (tertiary/aromatic N) is 2. The molecule has 3 heterocycles. The van der Waals surface area contributed by atoms with Crippen molar-refractivity contribution < 1.29 is 4.79 Å². The van der Waals surface area contributed by atoms with Crippen LogP contribution in [0.15, 0.2) is 30.7 Å². The number of nitrogens with one attached hydrogen (secondary N) is 1. The quantitative estimate of drug-likeness (QED) is 0.687. The molecule has 0 aromatic carbocycles. The van der Waals surface area contributed by atoms with Crippen LogP contribution in [0.3, 0.4) is 0 Å². The maximum atomic E-state index is 10.6. The lowest BCUT2D eigenvalue weighted by Crippen LogP contribution is -1.81. The van der Waals surface area contributed by atoms with Gasteiger partial charge >= 0.3 is 0 Å². The SMILES string of the molecule is O=Cc1ccc(-c2nccc3[nH]cnc23)s1. The van der Waals surface area contributed by atoms with E-state index in [9.17, 15) is 4.79 Å². The Morgan fingerprint density at radius 3 is 3.00 bits per heavy atom. The monoisotopic (exact) mass is 229 g/mol. The van der Waals surface area contributed by atoms with E-state index in [2.05, 4.69) is 15.0 Å². The van der Waals surface area contributed by atoms with Crippen molar-refractivity contribution in [3.8, 4) is 10.6 Å². The summed E-state index contributed by atoms with van der Waals surface area (Å²) in [6, 6.07) is 5.56. The number of pyridine rings is 1. The van der Waals surface area contributed by atoms with Gasteiger partial charge in [-0.05, 0) is 18.2 Å². The molecular formula is C11H7N3OS. The van der Waals surface area contributed by atoms with Crippen molar-refractivity contribution in [2.75, 3.05) is 0 Å². The molecule has 0 radical (unpaired) electrons. The zero-order chi connectivity index (χ0) is 11.0. The molecule has 4 nitrogen and oxygen atoms in total. The minimum Gasteiger partial charge on any atom is -0.344 e. The highest BCUT2D eigenvalue weighted by atomic mass is 32.1. The minimum absolute atomic E-state index is 0.698. The first kappa shape index (κ1) is 9.23. The number of rotatable bonds is 2. The summed E-state index contributed by atoms with van der Waals surface area (Å²) in [5.41, 5.74) is 2.60. The van der Waals surface area contributed by atoms with Gasteiger partial charge in [-0.3, -0.25) is 9.78 Å². The third kappa shape index (κ3) is 1.33. The predicted octanol–water partition coefficient (Wildman–Crippen LogP) is 2.50. The van der Waals surface area contributed by atoms with Crippen molar-refractivity contribution in [3.63, 3.8) is 0 Å². The Kier molecular flexibility index (Phi) is 2.04. The Morgan fingerprint density at radius 1 is 1.25 bits per heavy atom. The molecule has 0 fully saturated rings. The Bertz CT molecular complexity index is 656. The van der Waals surface area contributed by atoms with E-state index in [4.69, 9.17) is 0 Å². The van der Waals surface area contributed by atoms with Gasteiger partial charge in [0, 0.05) is 6.20 Å². The van der Waals surface area contributed by atoms with E-state index in [0.717, 1.165) is 27.9 Å². The standard InChI is InChI=1S/C11H7N3OS/c15-5-7-1-2-9(16-7)11-10-8(3-4-12-11)13-6-14-10/h1-6H,(H,13,14). The van der Waals surface area contributed by atoms with Crippen LogP contribution in [0, 0.1) is 0 Å². The van der Waals surface area contributed by atoms with Gasteiger partial charge in [0.05, 0.1) is 21.6 Å². The van der Waals surface area contributed by atoms with Crippen molar-refractivity contribution in [2.24, 2.45) is 0 Å². The molecule has 0 amide bonds. The Labute approximate surface area is 95.0 Å². The van der Waals surface area contributed by atoms with E-state index in [1.165, 1.54) is 11.3 Å². The highest BCUT2D eigenvalue weighted by Crippen LogP contribution is 2.29. The second-order valence-electron chi connectivity index (χ2n) is 3.28. The van der Waals surface area contributed by atoms with E-state index >= 15 is 0 Å². The van der Waals surface area contributed by atoms with E-state index in [1.54, 1.807) is 18.6 Å². The molecular weight excluding hydrogens is 222 g/mol. The molecule has 1 N–H and O–H groups in total. The number of imidazole rings is 1. The van der Waals surface area contributed by atoms with E-state index < -0.39 is 0 Å². The molecule has 5 heteroatoms. The average molecular weight is 229 g/mol. The van der Waals surface area contributed by atoms with Crippen LogP contribution in [-0.2, 0) is 0 Å². The number of H-pyrrole nitrogens is 1. The third-order valence-corrected chi connectivity index (χ3v) is 3.33. The van der Waals surface area contributed by atoms with Gasteiger partial charge in [-0.1, -0.05) is 0 Å². The smallest absolute Gasteiger partial charge is 0.160 e. The Hall–Kier alpha value is -2.01. The first-order valence-corrected chi connectivity index (χ1v) is 5.53. The number of aldehydes is 1. The molecule has 0 bridgehead atoms. The first-order valence-electron chi connectivity index (χ1n) is 4.72. The van der Waals surface area contributed by atoms with Crippen LogP contribution >= 0.6 is 11.3 Å². The maximum absolute atomic E-state index is 10.6. The maximum Gasteiger partial charge on any atom is 0.160 e. The molecule has 0 saturated heterocycles.